The van der Waals surface area contributed by atoms with Gasteiger partial charge in [-0.05, 0) is 19.4 Å². The van der Waals surface area contributed by atoms with Crippen LogP contribution in [0.4, 0.5) is 0 Å². The van der Waals surface area contributed by atoms with Crippen molar-refractivity contribution in [3.8, 4) is 0 Å². The zero-order valence-corrected chi connectivity index (χ0v) is 11.7. The second-order valence-electron chi connectivity index (χ2n) is 3.67. The lowest BCUT2D eigenvalue weighted by molar-refractivity contribution is 0.0522. The Balaban J connectivity index is 3.33. The minimum absolute atomic E-state index is 0.131. The van der Waals surface area contributed by atoms with Crippen molar-refractivity contribution < 1.29 is 14.3 Å². The molecular weight excluding hydrogens is 275 g/mol. The predicted octanol–water partition coefficient (Wildman–Crippen LogP) is 3.41. The minimum Gasteiger partial charge on any atom is -0.462 e. The van der Waals surface area contributed by atoms with Crippen molar-refractivity contribution in [2.24, 2.45) is 0 Å². The number of ether oxygens (including phenoxy) is 1. The van der Waals surface area contributed by atoms with E-state index in [1.807, 2.05) is 0 Å². The molecule has 0 heterocycles. The monoisotopic (exact) mass is 288 g/mol. The van der Waals surface area contributed by atoms with E-state index in [0.29, 0.717) is 5.56 Å². The fourth-order valence-electron chi connectivity index (χ4n) is 1.58. The first-order valence-corrected chi connectivity index (χ1v) is 6.53. The second kappa shape index (κ2) is 6.76. The average molecular weight is 289 g/mol. The minimum atomic E-state index is -0.705. The van der Waals surface area contributed by atoms with Crippen molar-refractivity contribution in [2.45, 2.75) is 25.1 Å². The molecule has 0 aliphatic rings. The van der Waals surface area contributed by atoms with Crippen molar-refractivity contribution in [3.05, 3.63) is 34.9 Å². The van der Waals surface area contributed by atoms with Crippen molar-refractivity contribution in [2.75, 3.05) is 6.61 Å². The van der Waals surface area contributed by atoms with Crippen LogP contribution in [0.3, 0.4) is 0 Å². The Morgan fingerprint density at radius 2 is 2.06 bits per heavy atom. The molecule has 0 fully saturated rings. The van der Waals surface area contributed by atoms with Crippen LogP contribution in [0.1, 0.15) is 40.1 Å². The summed E-state index contributed by atoms with van der Waals surface area (Å²) in [6, 6.07) is 4.92. The zero-order valence-electron chi connectivity index (χ0n) is 10.2. The van der Waals surface area contributed by atoms with Gasteiger partial charge in [-0.15, -0.1) is 23.2 Å². The standard InChI is InChI=1S/C13H14Cl2O3/c1-3-18-13(17)11-9(7-14)5-4-6-10(11)12(16)8(2)15/h4-6,8H,3,7H2,1-2H3. The van der Waals surface area contributed by atoms with Crippen molar-refractivity contribution in [1.29, 1.82) is 0 Å². The summed E-state index contributed by atoms with van der Waals surface area (Å²) in [5.74, 6) is -0.729. The molecule has 1 atom stereocenters. The summed E-state index contributed by atoms with van der Waals surface area (Å²) in [7, 11) is 0. The molecule has 1 aromatic carbocycles. The normalized spacial score (nSPS) is 12.0. The van der Waals surface area contributed by atoms with E-state index < -0.39 is 11.3 Å². The first-order valence-electron chi connectivity index (χ1n) is 5.56. The van der Waals surface area contributed by atoms with Crippen molar-refractivity contribution >= 4 is 35.0 Å². The number of benzene rings is 1. The molecule has 18 heavy (non-hydrogen) atoms. The lowest BCUT2D eigenvalue weighted by Crippen LogP contribution is -2.18. The molecule has 0 bridgehead atoms. The van der Waals surface area contributed by atoms with Crippen LogP contribution in [0, 0.1) is 0 Å². The molecule has 0 aliphatic carbocycles. The fourth-order valence-corrected chi connectivity index (χ4v) is 1.92. The van der Waals surface area contributed by atoms with Gasteiger partial charge in [0.2, 0.25) is 0 Å². The highest BCUT2D eigenvalue weighted by Crippen LogP contribution is 2.21. The van der Waals surface area contributed by atoms with Gasteiger partial charge in [-0.2, -0.15) is 0 Å². The smallest absolute Gasteiger partial charge is 0.339 e. The fraction of sp³-hybridized carbons (Fsp3) is 0.385. The van der Waals surface area contributed by atoms with Gasteiger partial charge in [0, 0.05) is 11.4 Å². The molecule has 0 amide bonds. The van der Waals surface area contributed by atoms with E-state index >= 15 is 0 Å². The first-order chi connectivity index (χ1) is 8.52. The predicted molar refractivity (Wildman–Crippen MR) is 71.6 cm³/mol. The molecule has 1 rings (SSSR count). The summed E-state index contributed by atoms with van der Waals surface area (Å²) in [5.41, 5.74) is 1.04. The third-order valence-corrected chi connectivity index (χ3v) is 2.89. The second-order valence-corrected chi connectivity index (χ2v) is 4.60. The van der Waals surface area contributed by atoms with Crippen LogP contribution in [0.2, 0.25) is 0 Å². The highest BCUT2D eigenvalue weighted by Gasteiger charge is 2.23. The van der Waals surface area contributed by atoms with Gasteiger partial charge in [0.15, 0.2) is 5.78 Å². The number of hydrogen-bond acceptors (Lipinski definition) is 3. The van der Waals surface area contributed by atoms with E-state index in [0.717, 1.165) is 0 Å². The molecule has 0 N–H and O–H groups in total. The summed E-state index contributed by atoms with van der Waals surface area (Å²) in [5, 5.41) is -0.705. The van der Waals surface area contributed by atoms with Crippen LogP contribution in [-0.2, 0) is 10.6 Å². The molecule has 0 spiro atoms. The van der Waals surface area contributed by atoms with Crippen LogP contribution >= 0.6 is 23.2 Å². The van der Waals surface area contributed by atoms with Crippen LogP contribution in [0.25, 0.3) is 0 Å². The van der Waals surface area contributed by atoms with Crippen LogP contribution in [0.15, 0.2) is 18.2 Å². The number of esters is 1. The largest absolute Gasteiger partial charge is 0.462 e. The van der Waals surface area contributed by atoms with Gasteiger partial charge in [-0.25, -0.2) is 4.79 Å². The summed E-state index contributed by atoms with van der Waals surface area (Å²) in [4.78, 5) is 23.9. The van der Waals surface area contributed by atoms with Crippen molar-refractivity contribution in [1.82, 2.24) is 0 Å². The Morgan fingerprint density at radius 3 is 2.56 bits per heavy atom. The Morgan fingerprint density at radius 1 is 1.39 bits per heavy atom. The summed E-state index contributed by atoms with van der Waals surface area (Å²) >= 11 is 11.6. The van der Waals surface area contributed by atoms with E-state index in [1.165, 1.54) is 0 Å². The van der Waals surface area contributed by atoms with Gasteiger partial charge < -0.3 is 4.74 Å². The SMILES string of the molecule is CCOC(=O)c1c(CCl)cccc1C(=O)C(C)Cl. The van der Waals surface area contributed by atoms with E-state index in [1.54, 1.807) is 32.0 Å². The molecule has 1 aromatic rings. The summed E-state index contributed by atoms with van der Waals surface area (Å²) < 4.78 is 4.95. The van der Waals surface area contributed by atoms with Gasteiger partial charge in [-0.3, -0.25) is 4.79 Å². The number of halogens is 2. The first kappa shape index (κ1) is 15.0. The Kier molecular flexibility index (Phi) is 5.63. The van der Waals surface area contributed by atoms with Gasteiger partial charge in [0.05, 0.1) is 17.5 Å². The highest BCUT2D eigenvalue weighted by molar-refractivity contribution is 6.34. The summed E-state index contributed by atoms with van der Waals surface area (Å²) in [6.07, 6.45) is 0. The molecule has 1 unspecified atom stereocenters. The number of carbonyl (C=O) groups excluding carboxylic acids is 2. The maximum atomic E-state index is 12.0. The molecule has 0 saturated carbocycles. The van der Waals surface area contributed by atoms with Crippen LogP contribution in [0.5, 0.6) is 0 Å². The topological polar surface area (TPSA) is 43.4 Å². The third kappa shape index (κ3) is 3.24. The quantitative estimate of drug-likeness (QED) is 0.474. The number of alkyl halides is 2. The molecule has 98 valence electrons. The number of Topliss-reactive ketones (excluding diaryl/α,β-unsaturated/α-hetero) is 1. The molecule has 0 aliphatic heterocycles. The van der Waals surface area contributed by atoms with Gasteiger partial charge >= 0.3 is 5.97 Å². The Labute approximate surface area is 116 Å². The summed E-state index contributed by atoms with van der Waals surface area (Å²) in [6.45, 7) is 3.50. The van der Waals surface area contributed by atoms with E-state index in [4.69, 9.17) is 27.9 Å². The number of rotatable bonds is 5. The molecule has 0 saturated heterocycles. The van der Waals surface area contributed by atoms with E-state index in [-0.39, 0.29) is 29.4 Å². The van der Waals surface area contributed by atoms with E-state index in [9.17, 15) is 9.59 Å². The highest BCUT2D eigenvalue weighted by atomic mass is 35.5. The Hall–Kier alpha value is -1.06. The number of carbonyl (C=O) groups is 2. The number of hydrogen-bond donors (Lipinski definition) is 0. The van der Waals surface area contributed by atoms with Crippen molar-refractivity contribution in [3.63, 3.8) is 0 Å². The molecule has 0 radical (unpaired) electrons. The lowest BCUT2D eigenvalue weighted by Gasteiger charge is -2.12. The number of ketones is 1. The third-order valence-electron chi connectivity index (χ3n) is 2.40. The Bertz CT molecular complexity index is 456. The zero-order chi connectivity index (χ0) is 13.7. The van der Waals surface area contributed by atoms with Gasteiger partial charge in [0.25, 0.3) is 0 Å². The maximum absolute atomic E-state index is 12.0. The lowest BCUT2D eigenvalue weighted by atomic mass is 9.97. The van der Waals surface area contributed by atoms with E-state index in [2.05, 4.69) is 0 Å². The van der Waals surface area contributed by atoms with Gasteiger partial charge in [0.1, 0.15) is 0 Å². The molecular formula is C13H14Cl2O3. The average Bonchev–Trinajstić information content (AvgIpc) is 2.36. The molecule has 5 heteroatoms. The maximum Gasteiger partial charge on any atom is 0.339 e. The van der Waals surface area contributed by atoms with Crippen LogP contribution in [-0.4, -0.2) is 23.7 Å². The molecule has 3 nitrogen and oxygen atoms in total. The van der Waals surface area contributed by atoms with Gasteiger partial charge in [-0.1, -0.05) is 18.2 Å². The van der Waals surface area contributed by atoms with Crippen LogP contribution < -0.4 is 0 Å². The molecule has 0 aromatic heterocycles.